The Hall–Kier alpha value is -2.48. The highest BCUT2D eigenvalue weighted by Gasteiger charge is 2.22. The summed E-state index contributed by atoms with van der Waals surface area (Å²) in [6, 6.07) is 16.7. The van der Waals surface area contributed by atoms with Gasteiger partial charge in [0, 0.05) is 25.3 Å². The second-order valence-electron chi connectivity index (χ2n) is 8.29. The zero-order chi connectivity index (χ0) is 21.2. The van der Waals surface area contributed by atoms with E-state index in [0.29, 0.717) is 6.67 Å². The van der Waals surface area contributed by atoms with Crippen molar-refractivity contribution >= 4 is 12.2 Å². The highest BCUT2D eigenvalue weighted by Crippen LogP contribution is 2.25. The van der Waals surface area contributed by atoms with Gasteiger partial charge in [0.2, 0.25) is 0 Å². The molecule has 31 heavy (non-hydrogen) atoms. The van der Waals surface area contributed by atoms with Crippen LogP contribution < -0.4 is 4.74 Å². The highest BCUT2D eigenvalue weighted by atomic mass is 32.1. The van der Waals surface area contributed by atoms with Gasteiger partial charge in [-0.3, -0.25) is 9.47 Å². The minimum Gasteiger partial charge on any atom is -0.497 e. The van der Waals surface area contributed by atoms with E-state index in [-0.39, 0.29) is 6.10 Å². The second-order valence-corrected chi connectivity index (χ2v) is 8.66. The van der Waals surface area contributed by atoms with E-state index in [4.69, 9.17) is 26.8 Å². The molecule has 3 heterocycles. The fourth-order valence-corrected chi connectivity index (χ4v) is 4.77. The number of hydrogen-bond donors (Lipinski definition) is 0. The van der Waals surface area contributed by atoms with Crippen molar-refractivity contribution in [1.29, 1.82) is 0 Å². The molecule has 0 spiro atoms. The van der Waals surface area contributed by atoms with Gasteiger partial charge in [0.15, 0.2) is 10.6 Å². The van der Waals surface area contributed by atoms with Crippen LogP contribution in [-0.2, 0) is 30.9 Å². The average Bonchev–Trinajstić information content (AvgIpc) is 3.43. The van der Waals surface area contributed by atoms with Crippen molar-refractivity contribution in [2.75, 3.05) is 20.3 Å². The van der Waals surface area contributed by atoms with Gasteiger partial charge in [-0.15, -0.1) is 0 Å². The zero-order valence-corrected chi connectivity index (χ0v) is 18.7. The van der Waals surface area contributed by atoms with E-state index >= 15 is 0 Å². The van der Waals surface area contributed by atoms with Crippen molar-refractivity contribution in [3.8, 4) is 17.1 Å². The lowest BCUT2D eigenvalue weighted by molar-refractivity contribution is 0.0966. The van der Waals surface area contributed by atoms with Gasteiger partial charge in [-0.1, -0.05) is 24.3 Å². The van der Waals surface area contributed by atoms with Crippen molar-refractivity contribution in [3.05, 3.63) is 64.4 Å². The van der Waals surface area contributed by atoms with Crippen molar-refractivity contribution in [1.82, 2.24) is 19.2 Å². The van der Waals surface area contributed by atoms with Gasteiger partial charge in [-0.25, -0.2) is 4.68 Å². The number of rotatable bonds is 6. The van der Waals surface area contributed by atoms with Gasteiger partial charge >= 0.3 is 0 Å². The third-order valence-corrected chi connectivity index (χ3v) is 6.66. The zero-order valence-electron chi connectivity index (χ0n) is 17.9. The van der Waals surface area contributed by atoms with Crippen LogP contribution in [-0.4, -0.2) is 45.6 Å². The molecule has 7 heteroatoms. The standard InChI is InChI=1S/C24H28N4O2S/c1-29-21-10-8-19(9-11-21)23-25-28(24(31)27(23)16-22-7-4-14-30-22)17-26-13-12-18-5-2-3-6-20(18)15-26/h2-3,5-6,8-11,22H,4,7,12-17H2,1H3/t22-/m1/s1. The summed E-state index contributed by atoms with van der Waals surface area (Å²) in [4.78, 5) is 2.42. The smallest absolute Gasteiger partial charge is 0.199 e. The van der Waals surface area contributed by atoms with Gasteiger partial charge in [0.1, 0.15) is 5.75 Å². The lowest BCUT2D eigenvalue weighted by Crippen LogP contribution is -2.32. The fraction of sp³-hybridized carbons (Fsp3) is 0.417. The summed E-state index contributed by atoms with van der Waals surface area (Å²) in [6.45, 7) is 4.19. The van der Waals surface area contributed by atoms with Crippen LogP contribution in [0, 0.1) is 4.77 Å². The van der Waals surface area contributed by atoms with E-state index in [9.17, 15) is 0 Å². The Balaban J connectivity index is 1.44. The Morgan fingerprint density at radius 3 is 2.68 bits per heavy atom. The highest BCUT2D eigenvalue weighted by molar-refractivity contribution is 7.71. The topological polar surface area (TPSA) is 44.5 Å². The molecule has 2 aromatic carbocycles. The molecular formula is C24H28N4O2S. The number of methoxy groups -OCH3 is 1. The number of benzene rings is 2. The van der Waals surface area contributed by atoms with Crippen molar-refractivity contribution < 1.29 is 9.47 Å². The molecule has 0 N–H and O–H groups in total. The molecule has 0 amide bonds. The van der Waals surface area contributed by atoms with Crippen molar-refractivity contribution in [3.63, 3.8) is 0 Å². The molecule has 1 atom stereocenters. The Bertz CT molecular complexity index is 1100. The molecule has 2 aliphatic rings. The molecule has 162 valence electrons. The van der Waals surface area contributed by atoms with Gasteiger partial charge in [-0.05, 0) is 66.9 Å². The van der Waals surface area contributed by atoms with Gasteiger partial charge < -0.3 is 9.47 Å². The van der Waals surface area contributed by atoms with Crippen LogP contribution in [0.5, 0.6) is 5.75 Å². The normalized spacial score (nSPS) is 18.8. The SMILES string of the molecule is COc1ccc(-c2nn(CN3CCc4ccccc4C3)c(=S)n2C[C@H]2CCCO2)cc1. The van der Waals surface area contributed by atoms with E-state index in [1.54, 1.807) is 7.11 Å². The first-order chi connectivity index (χ1) is 15.2. The van der Waals surface area contributed by atoms with E-state index in [1.807, 2.05) is 28.9 Å². The third-order valence-electron chi connectivity index (χ3n) is 6.22. The minimum absolute atomic E-state index is 0.197. The minimum atomic E-state index is 0.197. The van der Waals surface area contributed by atoms with E-state index in [2.05, 4.69) is 33.7 Å². The van der Waals surface area contributed by atoms with Crippen molar-refractivity contribution in [2.24, 2.45) is 0 Å². The molecule has 0 bridgehead atoms. The molecule has 1 aromatic heterocycles. The first-order valence-corrected chi connectivity index (χ1v) is 11.3. The van der Waals surface area contributed by atoms with Crippen LogP contribution in [0.25, 0.3) is 11.4 Å². The molecule has 0 saturated carbocycles. The molecule has 5 rings (SSSR count). The van der Waals surface area contributed by atoms with Gasteiger partial charge in [0.25, 0.3) is 0 Å². The number of ether oxygens (including phenoxy) is 2. The number of fused-ring (bicyclic) bond motifs is 1. The fourth-order valence-electron chi connectivity index (χ4n) is 4.51. The van der Waals surface area contributed by atoms with Crippen LogP contribution in [0.4, 0.5) is 0 Å². The average molecular weight is 437 g/mol. The van der Waals surface area contributed by atoms with Crippen molar-refractivity contribution in [2.45, 2.75) is 45.1 Å². The lowest BCUT2D eigenvalue weighted by atomic mass is 10.0. The van der Waals surface area contributed by atoms with Gasteiger partial charge in [-0.2, -0.15) is 5.10 Å². The maximum Gasteiger partial charge on any atom is 0.199 e. The Labute approximate surface area is 188 Å². The van der Waals surface area contributed by atoms with Crippen LogP contribution in [0.1, 0.15) is 24.0 Å². The van der Waals surface area contributed by atoms with Crippen LogP contribution in [0.2, 0.25) is 0 Å². The van der Waals surface area contributed by atoms with E-state index in [1.165, 1.54) is 11.1 Å². The molecule has 0 aliphatic carbocycles. The molecule has 1 saturated heterocycles. The predicted octanol–water partition coefficient (Wildman–Crippen LogP) is 4.28. The molecular weight excluding hydrogens is 408 g/mol. The van der Waals surface area contributed by atoms with E-state index in [0.717, 1.165) is 67.4 Å². The first kappa shape index (κ1) is 20.4. The van der Waals surface area contributed by atoms with Gasteiger partial charge in [0.05, 0.1) is 26.4 Å². The maximum absolute atomic E-state index is 5.90. The molecule has 0 unspecified atom stereocenters. The summed E-state index contributed by atoms with van der Waals surface area (Å²) in [5.41, 5.74) is 3.88. The molecule has 2 aliphatic heterocycles. The Morgan fingerprint density at radius 2 is 1.94 bits per heavy atom. The maximum atomic E-state index is 5.90. The molecule has 3 aromatic rings. The third kappa shape index (κ3) is 4.31. The summed E-state index contributed by atoms with van der Waals surface area (Å²) in [6.07, 6.45) is 3.43. The largest absolute Gasteiger partial charge is 0.497 e. The first-order valence-electron chi connectivity index (χ1n) is 10.9. The summed E-state index contributed by atoms with van der Waals surface area (Å²) >= 11 is 5.90. The Kier molecular flexibility index (Phi) is 5.89. The quantitative estimate of drug-likeness (QED) is 0.540. The Morgan fingerprint density at radius 1 is 1.13 bits per heavy atom. The van der Waals surface area contributed by atoms with Crippen LogP contribution in [0.3, 0.4) is 0 Å². The second kappa shape index (κ2) is 8.94. The van der Waals surface area contributed by atoms with Crippen LogP contribution >= 0.6 is 12.2 Å². The number of hydrogen-bond acceptors (Lipinski definition) is 5. The predicted molar refractivity (Wildman–Crippen MR) is 123 cm³/mol. The summed E-state index contributed by atoms with van der Waals surface area (Å²) in [5.74, 6) is 1.72. The molecule has 1 fully saturated rings. The van der Waals surface area contributed by atoms with E-state index < -0.39 is 0 Å². The molecule has 0 radical (unpaired) electrons. The summed E-state index contributed by atoms with van der Waals surface area (Å²) in [7, 11) is 1.68. The monoisotopic (exact) mass is 436 g/mol. The lowest BCUT2D eigenvalue weighted by Gasteiger charge is -2.28. The number of nitrogens with zero attached hydrogens (tertiary/aromatic N) is 4. The molecule has 6 nitrogen and oxygen atoms in total. The summed E-state index contributed by atoms with van der Waals surface area (Å²) in [5, 5.41) is 4.97. The van der Waals surface area contributed by atoms with Crippen LogP contribution in [0.15, 0.2) is 48.5 Å². The number of aromatic nitrogens is 3. The summed E-state index contributed by atoms with van der Waals surface area (Å²) < 4.78 is 16.1.